The second-order valence-corrected chi connectivity index (χ2v) is 13.5. The van der Waals surface area contributed by atoms with Gasteiger partial charge in [-0.1, -0.05) is 44.4 Å². The third-order valence-corrected chi connectivity index (χ3v) is 9.92. The summed E-state index contributed by atoms with van der Waals surface area (Å²) in [4.78, 5) is 28.7. The van der Waals surface area contributed by atoms with Gasteiger partial charge >= 0.3 is 0 Å². The van der Waals surface area contributed by atoms with Gasteiger partial charge in [0.05, 0.1) is 54.8 Å². The molecule has 3 aromatic carbocycles. The molecule has 50 heavy (non-hydrogen) atoms. The molecular formula is C39H42N2O8S. The van der Waals surface area contributed by atoms with Gasteiger partial charge in [-0.15, -0.1) is 0 Å². The Morgan fingerprint density at radius 2 is 1.26 bits per heavy atom. The van der Waals surface area contributed by atoms with Crippen molar-refractivity contribution in [1.82, 2.24) is 8.54 Å². The number of ether oxygens (including phenoxy) is 4. The van der Waals surface area contributed by atoms with Crippen molar-refractivity contribution >= 4 is 21.6 Å². The number of benzene rings is 3. The molecule has 262 valence electrons. The zero-order chi connectivity index (χ0) is 35.8. The number of ketones is 2. The van der Waals surface area contributed by atoms with Crippen molar-refractivity contribution < 1.29 is 37.0 Å². The smallest absolute Gasteiger partial charge is 0.268 e. The number of rotatable bonds is 17. The van der Waals surface area contributed by atoms with Crippen LogP contribution in [0.5, 0.6) is 23.0 Å². The van der Waals surface area contributed by atoms with Crippen LogP contribution in [0.3, 0.4) is 0 Å². The fourth-order valence-electron chi connectivity index (χ4n) is 5.45. The normalized spacial score (nSPS) is 11.3. The molecule has 0 aliphatic rings. The third-order valence-electron chi connectivity index (χ3n) is 8.23. The standard InChI is InChI=1S/C39H42N2O8S/c1-6-8-23-48-28-14-18-31(35(25-28)46-4)38(42)34-11-10-21-40(34)33-20-22-41(50(44,45)30-16-12-27(3)13-17-30)37(33)39(43)32-19-15-29(26-36(32)47-5)49-24-9-7-2/h10-22,25-26H,6-9,23-24H2,1-5H3. The third kappa shape index (κ3) is 7.47. The molecule has 0 radical (unpaired) electrons. The van der Waals surface area contributed by atoms with Gasteiger partial charge in [-0.3, -0.25) is 9.59 Å². The first kappa shape index (κ1) is 36.0. The zero-order valence-electron chi connectivity index (χ0n) is 29.0. The highest BCUT2D eigenvalue weighted by Crippen LogP contribution is 2.33. The average Bonchev–Trinajstić information content (AvgIpc) is 3.80. The van der Waals surface area contributed by atoms with Gasteiger partial charge in [-0.25, -0.2) is 12.4 Å². The van der Waals surface area contributed by atoms with Gasteiger partial charge in [0.25, 0.3) is 10.0 Å². The second kappa shape index (κ2) is 15.9. The van der Waals surface area contributed by atoms with Gasteiger partial charge in [0.2, 0.25) is 11.6 Å². The van der Waals surface area contributed by atoms with Crippen molar-refractivity contribution in [1.29, 1.82) is 0 Å². The first-order chi connectivity index (χ1) is 24.1. The lowest BCUT2D eigenvalue weighted by Gasteiger charge is -2.16. The molecule has 0 saturated heterocycles. The van der Waals surface area contributed by atoms with Crippen molar-refractivity contribution in [3.63, 3.8) is 0 Å². The lowest BCUT2D eigenvalue weighted by Crippen LogP contribution is -2.21. The predicted octanol–water partition coefficient (Wildman–Crippen LogP) is 7.66. The van der Waals surface area contributed by atoms with Crippen LogP contribution in [0.2, 0.25) is 0 Å². The molecule has 0 spiro atoms. The summed E-state index contributed by atoms with van der Waals surface area (Å²) in [6.45, 7) is 7.02. The van der Waals surface area contributed by atoms with Gasteiger partial charge < -0.3 is 23.5 Å². The molecule has 2 heterocycles. The number of carbonyl (C=O) groups excluding carboxylic acids is 2. The number of hydrogen-bond donors (Lipinski definition) is 0. The van der Waals surface area contributed by atoms with Crippen LogP contribution in [-0.4, -0.2) is 56.0 Å². The number of carbonyl (C=O) groups is 2. The second-order valence-electron chi connectivity index (χ2n) is 11.7. The Labute approximate surface area is 293 Å². The molecule has 0 N–H and O–H groups in total. The molecule has 0 fully saturated rings. The van der Waals surface area contributed by atoms with E-state index in [1.807, 2.05) is 6.92 Å². The summed E-state index contributed by atoms with van der Waals surface area (Å²) in [6.07, 6.45) is 6.62. The Hall–Kier alpha value is -5.29. The van der Waals surface area contributed by atoms with Crippen LogP contribution in [0.15, 0.2) is 96.2 Å². The zero-order valence-corrected chi connectivity index (χ0v) is 29.8. The minimum Gasteiger partial charge on any atom is -0.496 e. The molecule has 0 atom stereocenters. The summed E-state index contributed by atoms with van der Waals surface area (Å²) in [6, 6.07) is 21.0. The van der Waals surface area contributed by atoms with Crippen LogP contribution in [0.25, 0.3) is 5.69 Å². The van der Waals surface area contributed by atoms with E-state index >= 15 is 0 Å². The van der Waals surface area contributed by atoms with Gasteiger partial charge in [-0.05, 0) is 74.4 Å². The van der Waals surface area contributed by atoms with E-state index in [9.17, 15) is 18.0 Å². The molecule has 0 bridgehead atoms. The average molecular weight is 699 g/mol. The maximum atomic E-state index is 14.6. The molecule has 0 aliphatic carbocycles. The fourth-order valence-corrected chi connectivity index (χ4v) is 6.79. The maximum absolute atomic E-state index is 14.6. The van der Waals surface area contributed by atoms with Gasteiger partial charge in [0, 0.05) is 24.5 Å². The Morgan fingerprint density at radius 3 is 1.80 bits per heavy atom. The highest BCUT2D eigenvalue weighted by atomic mass is 32.2. The number of hydrogen-bond acceptors (Lipinski definition) is 8. The minimum absolute atomic E-state index is 0.000671. The largest absolute Gasteiger partial charge is 0.496 e. The van der Waals surface area contributed by atoms with Crippen molar-refractivity contribution in [2.75, 3.05) is 27.4 Å². The van der Waals surface area contributed by atoms with E-state index in [4.69, 9.17) is 18.9 Å². The molecule has 11 heteroatoms. The number of nitrogens with zero attached hydrogens (tertiary/aromatic N) is 2. The summed E-state index contributed by atoms with van der Waals surface area (Å²) in [7, 11) is -1.36. The van der Waals surface area contributed by atoms with E-state index in [2.05, 4.69) is 13.8 Å². The minimum atomic E-state index is -4.26. The number of aryl methyl sites for hydroxylation is 1. The van der Waals surface area contributed by atoms with E-state index in [1.165, 1.54) is 43.2 Å². The summed E-state index contributed by atoms with van der Waals surface area (Å²) in [5, 5.41) is 0. The van der Waals surface area contributed by atoms with E-state index < -0.39 is 21.6 Å². The highest BCUT2D eigenvalue weighted by molar-refractivity contribution is 7.90. The van der Waals surface area contributed by atoms with E-state index in [-0.39, 0.29) is 38.8 Å². The molecule has 10 nitrogen and oxygen atoms in total. The van der Waals surface area contributed by atoms with Crippen molar-refractivity contribution in [2.24, 2.45) is 0 Å². The monoisotopic (exact) mass is 698 g/mol. The first-order valence-corrected chi connectivity index (χ1v) is 18.0. The molecule has 5 rings (SSSR count). The van der Waals surface area contributed by atoms with Crippen LogP contribution in [0.1, 0.15) is 77.2 Å². The van der Waals surface area contributed by atoms with Crippen molar-refractivity contribution in [3.05, 3.63) is 119 Å². The lowest BCUT2D eigenvalue weighted by atomic mass is 10.0. The number of aromatic nitrogens is 2. The molecule has 0 saturated carbocycles. The molecule has 5 aromatic rings. The van der Waals surface area contributed by atoms with E-state index in [0.717, 1.165) is 35.2 Å². The topological polar surface area (TPSA) is 115 Å². The fraction of sp³-hybridized carbons (Fsp3) is 0.282. The van der Waals surface area contributed by atoms with Crippen molar-refractivity contribution in [2.45, 2.75) is 51.3 Å². The SMILES string of the molecule is CCCCOc1ccc(C(=O)c2cccn2-c2ccn(S(=O)(=O)c3ccc(C)cc3)c2C(=O)c2ccc(OCCCC)cc2OC)c(OC)c1. The van der Waals surface area contributed by atoms with Gasteiger partial charge in [0.15, 0.2) is 0 Å². The van der Waals surface area contributed by atoms with Gasteiger partial charge in [-0.2, -0.15) is 0 Å². The summed E-state index contributed by atoms with van der Waals surface area (Å²) in [5.74, 6) is 0.596. The van der Waals surface area contributed by atoms with Gasteiger partial charge in [0.1, 0.15) is 28.7 Å². The van der Waals surface area contributed by atoms with Crippen LogP contribution in [0, 0.1) is 6.92 Å². The van der Waals surface area contributed by atoms with Crippen molar-refractivity contribution in [3.8, 4) is 28.7 Å². The number of unbranched alkanes of at least 4 members (excludes halogenated alkanes) is 2. The van der Waals surface area contributed by atoms with Crippen LogP contribution >= 0.6 is 0 Å². The maximum Gasteiger partial charge on any atom is 0.268 e. The molecule has 2 aromatic heterocycles. The van der Waals surface area contributed by atoms with E-state index in [1.54, 1.807) is 66.9 Å². The first-order valence-electron chi connectivity index (χ1n) is 16.6. The highest BCUT2D eigenvalue weighted by Gasteiger charge is 2.31. The molecule has 0 aliphatic heterocycles. The Balaban J connectivity index is 1.63. The summed E-state index contributed by atoms with van der Waals surface area (Å²) >= 11 is 0. The Bertz CT molecular complexity index is 2080. The predicted molar refractivity (Wildman–Crippen MR) is 191 cm³/mol. The van der Waals surface area contributed by atoms with Crippen LogP contribution in [-0.2, 0) is 10.0 Å². The molecule has 0 unspecified atom stereocenters. The Kier molecular flexibility index (Phi) is 11.5. The van der Waals surface area contributed by atoms with E-state index in [0.29, 0.717) is 30.5 Å². The molecular weight excluding hydrogens is 657 g/mol. The lowest BCUT2D eigenvalue weighted by molar-refractivity contribution is 0.101. The van der Waals surface area contributed by atoms with Crippen LogP contribution < -0.4 is 18.9 Å². The number of methoxy groups -OCH3 is 2. The van der Waals surface area contributed by atoms with Crippen LogP contribution in [0.4, 0.5) is 0 Å². The summed E-state index contributed by atoms with van der Waals surface area (Å²) < 4.78 is 53.6. The summed E-state index contributed by atoms with van der Waals surface area (Å²) in [5.41, 5.74) is 1.47. The Morgan fingerprint density at radius 1 is 0.700 bits per heavy atom. The molecule has 0 amide bonds. The quantitative estimate of drug-likeness (QED) is 0.0718.